The maximum atomic E-state index is 13.2. The van der Waals surface area contributed by atoms with E-state index in [0.29, 0.717) is 51.0 Å². The van der Waals surface area contributed by atoms with Gasteiger partial charge in [-0.2, -0.15) is 0 Å². The number of hydrogen-bond donors (Lipinski definition) is 2. The molecule has 3 unspecified atom stereocenters. The van der Waals surface area contributed by atoms with Gasteiger partial charge in [-0.3, -0.25) is 9.59 Å². The van der Waals surface area contributed by atoms with Crippen LogP contribution in [0.5, 0.6) is 11.5 Å². The number of anilines is 2. The van der Waals surface area contributed by atoms with E-state index in [1.165, 1.54) is 11.3 Å². The third-order valence-electron chi connectivity index (χ3n) is 5.84. The van der Waals surface area contributed by atoms with Gasteiger partial charge in [-0.1, -0.05) is 18.3 Å². The van der Waals surface area contributed by atoms with Crippen LogP contribution in [0.2, 0.25) is 0 Å². The summed E-state index contributed by atoms with van der Waals surface area (Å²) in [4.78, 5) is 26.5. The van der Waals surface area contributed by atoms with Crippen LogP contribution in [0.15, 0.2) is 18.2 Å². The Bertz CT molecular complexity index is 1060. The Morgan fingerprint density at radius 3 is 2.81 bits per heavy atom. The fourth-order valence-corrected chi connectivity index (χ4v) is 5.81. The number of hydrogen-bond acceptors (Lipinski definition) is 6. The van der Waals surface area contributed by atoms with Crippen molar-refractivity contribution in [3.8, 4) is 11.5 Å². The van der Waals surface area contributed by atoms with Gasteiger partial charge in [-0.15, -0.1) is 0 Å². The van der Waals surface area contributed by atoms with E-state index in [-0.39, 0.29) is 23.8 Å². The van der Waals surface area contributed by atoms with E-state index in [1.807, 2.05) is 18.4 Å². The van der Waals surface area contributed by atoms with Crippen molar-refractivity contribution in [2.75, 3.05) is 23.8 Å². The van der Waals surface area contributed by atoms with Crippen LogP contribution in [0.3, 0.4) is 0 Å². The molecule has 1 fully saturated rings. The number of rotatable bonds is 6. The summed E-state index contributed by atoms with van der Waals surface area (Å²) >= 11 is 6.84. The number of nitrogens with zero attached hydrogens (tertiary/aromatic N) is 1. The second kappa shape index (κ2) is 9.00. The molecule has 2 aliphatic rings. The zero-order chi connectivity index (χ0) is 22.1. The first kappa shape index (κ1) is 21.8. The number of carbonyl (C=O) groups is 2. The molecule has 166 valence electrons. The highest BCUT2D eigenvalue weighted by molar-refractivity contribution is 7.73. The van der Waals surface area contributed by atoms with Crippen LogP contribution in [-0.4, -0.2) is 29.6 Å². The third-order valence-corrected chi connectivity index (χ3v) is 7.25. The molecule has 0 radical (unpaired) electrons. The van der Waals surface area contributed by atoms with Gasteiger partial charge in [0.25, 0.3) is 5.91 Å². The van der Waals surface area contributed by atoms with Crippen molar-refractivity contribution in [2.45, 2.75) is 46.1 Å². The molecule has 0 bridgehead atoms. The van der Waals surface area contributed by atoms with Crippen LogP contribution in [0, 0.1) is 15.8 Å². The fourth-order valence-electron chi connectivity index (χ4n) is 4.45. The van der Waals surface area contributed by atoms with E-state index in [1.54, 1.807) is 18.2 Å². The largest absolute Gasteiger partial charge is 0.494 e. The second-order valence-corrected chi connectivity index (χ2v) is 9.62. The van der Waals surface area contributed by atoms with Crippen LogP contribution in [-0.2, 0) is 4.79 Å². The summed E-state index contributed by atoms with van der Waals surface area (Å²) in [7, 11) is 0. The van der Waals surface area contributed by atoms with Crippen molar-refractivity contribution in [2.24, 2.45) is 11.8 Å². The predicted octanol–water partition coefficient (Wildman–Crippen LogP) is 5.26. The molecule has 3 atom stereocenters. The van der Waals surface area contributed by atoms with Gasteiger partial charge in [0.15, 0.2) is 3.95 Å². The minimum atomic E-state index is -0.331. The molecule has 2 N–H and O–H groups in total. The molecule has 2 amide bonds. The molecule has 1 saturated carbocycles. The molecule has 0 spiro atoms. The van der Waals surface area contributed by atoms with Crippen molar-refractivity contribution >= 4 is 46.9 Å². The Labute approximate surface area is 190 Å². The van der Waals surface area contributed by atoms with Gasteiger partial charge < -0.3 is 24.7 Å². The summed E-state index contributed by atoms with van der Waals surface area (Å²) in [6.07, 6.45) is 2.79. The van der Waals surface area contributed by atoms with E-state index in [0.717, 1.165) is 19.3 Å². The molecule has 1 aromatic heterocycles. The Morgan fingerprint density at radius 1 is 1.29 bits per heavy atom. The lowest BCUT2D eigenvalue weighted by molar-refractivity contribution is -0.123. The van der Waals surface area contributed by atoms with Crippen molar-refractivity contribution in [3.05, 3.63) is 27.0 Å². The van der Waals surface area contributed by atoms with Crippen LogP contribution in [0.1, 0.15) is 55.7 Å². The lowest BCUT2D eigenvalue weighted by atomic mass is 9.77. The standard InChI is InChI=1S/C22H27N3O4S2/c1-4-28-13-7-9-17(29-5-2)15(11-13)23-21(27)18-19-24-20(26)14-10-12(3)6-8-16(14)25(19)22(30)31-18/h7,9,11-12,14,16H,4-6,8,10H2,1-3H3,(H,23,27)(H,24,26). The minimum Gasteiger partial charge on any atom is -0.494 e. The highest BCUT2D eigenvalue weighted by Crippen LogP contribution is 2.45. The van der Waals surface area contributed by atoms with E-state index in [2.05, 4.69) is 17.6 Å². The number of aromatic nitrogens is 1. The monoisotopic (exact) mass is 461 g/mol. The fraction of sp³-hybridized carbons (Fsp3) is 0.500. The molecular weight excluding hydrogens is 434 g/mol. The van der Waals surface area contributed by atoms with Crippen LogP contribution < -0.4 is 20.1 Å². The first-order valence-electron chi connectivity index (χ1n) is 10.7. The zero-order valence-corrected chi connectivity index (χ0v) is 19.5. The van der Waals surface area contributed by atoms with Gasteiger partial charge in [-0.25, -0.2) is 0 Å². The van der Waals surface area contributed by atoms with Crippen molar-refractivity contribution in [3.63, 3.8) is 0 Å². The van der Waals surface area contributed by atoms with Crippen LogP contribution in [0.4, 0.5) is 11.5 Å². The van der Waals surface area contributed by atoms with Crippen molar-refractivity contribution in [1.29, 1.82) is 0 Å². The highest BCUT2D eigenvalue weighted by atomic mass is 32.1. The molecule has 0 saturated heterocycles. The number of ether oxygens (including phenoxy) is 2. The van der Waals surface area contributed by atoms with E-state index in [4.69, 9.17) is 21.7 Å². The number of thiazole rings is 1. The van der Waals surface area contributed by atoms with Gasteiger partial charge >= 0.3 is 0 Å². The van der Waals surface area contributed by atoms with Crippen molar-refractivity contribution < 1.29 is 19.1 Å². The summed E-state index contributed by atoms with van der Waals surface area (Å²) in [5.74, 6) is 1.77. The molecule has 7 nitrogen and oxygen atoms in total. The second-order valence-electron chi connectivity index (χ2n) is 7.98. The maximum absolute atomic E-state index is 13.2. The summed E-state index contributed by atoms with van der Waals surface area (Å²) in [6, 6.07) is 5.34. The highest BCUT2D eigenvalue weighted by Gasteiger charge is 2.41. The summed E-state index contributed by atoms with van der Waals surface area (Å²) < 4.78 is 13.8. The van der Waals surface area contributed by atoms with Gasteiger partial charge in [0.2, 0.25) is 5.91 Å². The normalized spacial score (nSPS) is 22.2. The minimum absolute atomic E-state index is 0.0190. The smallest absolute Gasteiger partial charge is 0.269 e. The molecular formula is C22H27N3O4S2. The molecule has 1 aliphatic carbocycles. The van der Waals surface area contributed by atoms with Crippen LogP contribution in [0.25, 0.3) is 0 Å². The lowest BCUT2D eigenvalue weighted by Crippen LogP contribution is -2.41. The Balaban J connectivity index is 1.66. The average molecular weight is 462 g/mol. The number of nitrogens with one attached hydrogen (secondary N) is 2. The van der Waals surface area contributed by atoms with E-state index in [9.17, 15) is 9.59 Å². The first-order chi connectivity index (χ1) is 14.9. The number of carbonyl (C=O) groups excluding carboxylic acids is 2. The molecule has 4 rings (SSSR count). The van der Waals surface area contributed by atoms with Crippen LogP contribution >= 0.6 is 23.6 Å². The number of benzene rings is 1. The average Bonchev–Trinajstić information content (AvgIpc) is 3.07. The maximum Gasteiger partial charge on any atom is 0.269 e. The summed E-state index contributed by atoms with van der Waals surface area (Å²) in [6.45, 7) is 6.95. The topological polar surface area (TPSA) is 81.6 Å². The van der Waals surface area contributed by atoms with E-state index >= 15 is 0 Å². The first-order valence-corrected chi connectivity index (χ1v) is 11.9. The summed E-state index contributed by atoms with van der Waals surface area (Å²) in [5.41, 5.74) is 0.516. The van der Waals surface area contributed by atoms with Gasteiger partial charge in [-0.05, 0) is 63.4 Å². The Kier molecular flexibility index (Phi) is 6.34. The summed E-state index contributed by atoms with van der Waals surface area (Å²) in [5, 5.41) is 5.88. The Morgan fingerprint density at radius 2 is 2.06 bits per heavy atom. The van der Waals surface area contributed by atoms with Gasteiger partial charge in [0.05, 0.1) is 24.8 Å². The van der Waals surface area contributed by atoms with E-state index < -0.39 is 0 Å². The molecule has 1 aliphatic heterocycles. The molecule has 2 heterocycles. The lowest BCUT2D eigenvalue weighted by Gasteiger charge is -2.39. The van der Waals surface area contributed by atoms with Gasteiger partial charge in [0, 0.05) is 12.1 Å². The number of amides is 2. The molecule has 2 aromatic rings. The quantitative estimate of drug-likeness (QED) is 0.574. The molecule has 31 heavy (non-hydrogen) atoms. The Hall–Kier alpha value is -2.39. The van der Waals surface area contributed by atoms with Gasteiger partial charge in [0.1, 0.15) is 22.2 Å². The number of fused-ring (bicyclic) bond motifs is 3. The third kappa shape index (κ3) is 4.21. The van der Waals surface area contributed by atoms with Crippen molar-refractivity contribution in [1.82, 2.24) is 4.57 Å². The predicted molar refractivity (Wildman–Crippen MR) is 124 cm³/mol. The zero-order valence-electron chi connectivity index (χ0n) is 17.9. The molecule has 9 heteroatoms. The molecule has 1 aromatic carbocycles. The SMILES string of the molecule is CCOc1ccc(OCC)c(NC(=O)c2sc(=S)n3c2NC(=O)C2CC(C)CCC23)c1.